The number of nitrogens with zero attached hydrogens (tertiary/aromatic N) is 1. The number of aliphatic imine (C=N–C) groups is 1. The second kappa shape index (κ2) is 9.07. The largest absolute Gasteiger partial charge is 0.504 e. The van der Waals surface area contributed by atoms with Crippen LogP contribution in [0.2, 0.25) is 0 Å². The van der Waals surface area contributed by atoms with Crippen LogP contribution in [0.25, 0.3) is 0 Å². The SMILES string of the molecule is C=CCc1cc(C=Nc2ccc([C@@H](C)CC)cc2)cc(OCC)c1O. The van der Waals surface area contributed by atoms with Gasteiger partial charge in [0.05, 0.1) is 12.3 Å². The molecule has 2 aromatic rings. The van der Waals surface area contributed by atoms with Gasteiger partial charge in [-0.2, -0.15) is 0 Å². The molecule has 1 N–H and O–H groups in total. The zero-order valence-corrected chi connectivity index (χ0v) is 15.3. The number of phenols is 1. The molecular formula is C22H27NO2. The summed E-state index contributed by atoms with van der Waals surface area (Å²) in [5, 5.41) is 10.2. The molecule has 0 saturated carbocycles. The normalized spacial score (nSPS) is 12.3. The summed E-state index contributed by atoms with van der Waals surface area (Å²) in [4.78, 5) is 4.55. The van der Waals surface area contributed by atoms with Crippen molar-refractivity contribution in [3.63, 3.8) is 0 Å². The summed E-state index contributed by atoms with van der Waals surface area (Å²) in [5.74, 6) is 1.22. The van der Waals surface area contributed by atoms with E-state index >= 15 is 0 Å². The maximum atomic E-state index is 10.2. The van der Waals surface area contributed by atoms with Crippen LogP contribution in [0.4, 0.5) is 5.69 Å². The Hall–Kier alpha value is -2.55. The molecule has 0 unspecified atom stereocenters. The van der Waals surface area contributed by atoms with E-state index in [4.69, 9.17) is 4.74 Å². The Kier molecular flexibility index (Phi) is 6.81. The second-order valence-electron chi connectivity index (χ2n) is 6.11. The number of allylic oxidation sites excluding steroid dienone is 1. The monoisotopic (exact) mass is 337 g/mol. The summed E-state index contributed by atoms with van der Waals surface area (Å²) in [7, 11) is 0. The molecule has 0 saturated heterocycles. The predicted molar refractivity (Wildman–Crippen MR) is 106 cm³/mol. The fourth-order valence-corrected chi connectivity index (χ4v) is 2.61. The van der Waals surface area contributed by atoms with Crippen LogP contribution >= 0.6 is 0 Å². The molecule has 0 aliphatic carbocycles. The van der Waals surface area contributed by atoms with Gasteiger partial charge in [-0.3, -0.25) is 4.99 Å². The molecule has 2 aromatic carbocycles. The van der Waals surface area contributed by atoms with Gasteiger partial charge in [0.25, 0.3) is 0 Å². The molecule has 3 nitrogen and oxygen atoms in total. The van der Waals surface area contributed by atoms with Crippen LogP contribution in [-0.4, -0.2) is 17.9 Å². The van der Waals surface area contributed by atoms with Crippen molar-refractivity contribution in [3.8, 4) is 11.5 Å². The highest BCUT2D eigenvalue weighted by molar-refractivity contribution is 5.83. The van der Waals surface area contributed by atoms with Crippen molar-refractivity contribution >= 4 is 11.9 Å². The minimum atomic E-state index is 0.178. The van der Waals surface area contributed by atoms with Crippen molar-refractivity contribution in [2.45, 2.75) is 39.5 Å². The molecule has 0 aliphatic heterocycles. The van der Waals surface area contributed by atoms with Crippen LogP contribution < -0.4 is 4.74 Å². The third kappa shape index (κ3) is 4.96. The van der Waals surface area contributed by atoms with E-state index in [0.29, 0.717) is 24.7 Å². The molecule has 3 heteroatoms. The van der Waals surface area contributed by atoms with E-state index < -0.39 is 0 Å². The van der Waals surface area contributed by atoms with E-state index in [2.05, 4.69) is 37.6 Å². The van der Waals surface area contributed by atoms with Gasteiger partial charge in [-0.25, -0.2) is 0 Å². The number of phenolic OH excluding ortho intramolecular Hbond substituents is 1. The summed E-state index contributed by atoms with van der Waals surface area (Å²) in [6, 6.07) is 12.1. The highest BCUT2D eigenvalue weighted by Crippen LogP contribution is 2.32. The van der Waals surface area contributed by atoms with Gasteiger partial charge in [0.2, 0.25) is 0 Å². The minimum absolute atomic E-state index is 0.178. The number of rotatable bonds is 8. The topological polar surface area (TPSA) is 41.8 Å². The summed E-state index contributed by atoms with van der Waals surface area (Å²) in [6.07, 6.45) is 5.27. The van der Waals surface area contributed by atoms with Crippen LogP contribution in [0.1, 0.15) is 49.8 Å². The Morgan fingerprint density at radius 1 is 1.20 bits per heavy atom. The molecule has 0 heterocycles. The Morgan fingerprint density at radius 3 is 2.52 bits per heavy atom. The number of hydrogen-bond acceptors (Lipinski definition) is 3. The maximum absolute atomic E-state index is 10.2. The number of benzene rings is 2. The summed E-state index contributed by atoms with van der Waals surface area (Å²) < 4.78 is 5.52. The zero-order chi connectivity index (χ0) is 18.2. The van der Waals surface area contributed by atoms with E-state index in [1.165, 1.54) is 5.56 Å². The molecule has 1 atom stereocenters. The first-order valence-corrected chi connectivity index (χ1v) is 8.82. The lowest BCUT2D eigenvalue weighted by Crippen LogP contribution is -1.96. The average Bonchev–Trinajstić information content (AvgIpc) is 2.63. The first-order chi connectivity index (χ1) is 12.1. The Bertz CT molecular complexity index is 732. The quantitative estimate of drug-likeness (QED) is 0.490. The lowest BCUT2D eigenvalue weighted by atomic mass is 9.99. The molecule has 0 fully saturated rings. The van der Waals surface area contributed by atoms with Gasteiger partial charge in [-0.05, 0) is 61.1 Å². The minimum Gasteiger partial charge on any atom is -0.504 e. The van der Waals surface area contributed by atoms with Gasteiger partial charge in [-0.15, -0.1) is 6.58 Å². The van der Waals surface area contributed by atoms with Crippen LogP contribution in [-0.2, 0) is 6.42 Å². The van der Waals surface area contributed by atoms with E-state index in [1.54, 1.807) is 12.3 Å². The summed E-state index contributed by atoms with van der Waals surface area (Å²) in [5.41, 5.74) is 3.92. The number of hydrogen-bond donors (Lipinski definition) is 1. The molecule has 0 bridgehead atoms. The standard InChI is InChI=1S/C22H27NO2/c1-5-8-19-13-17(14-21(22(19)24)25-7-3)15-23-20-11-9-18(10-12-20)16(4)6-2/h5,9-16,24H,1,6-8H2,2-4H3/t16-/m0/s1. The van der Waals surface area contributed by atoms with Crippen LogP contribution in [0.15, 0.2) is 54.0 Å². The van der Waals surface area contributed by atoms with Crippen molar-refractivity contribution in [1.29, 1.82) is 0 Å². The molecule has 25 heavy (non-hydrogen) atoms. The smallest absolute Gasteiger partial charge is 0.161 e. The molecule has 0 aliphatic rings. The highest BCUT2D eigenvalue weighted by Gasteiger charge is 2.09. The van der Waals surface area contributed by atoms with Gasteiger partial charge >= 0.3 is 0 Å². The van der Waals surface area contributed by atoms with Gasteiger partial charge < -0.3 is 9.84 Å². The molecule has 0 spiro atoms. The average molecular weight is 337 g/mol. The molecule has 0 amide bonds. The van der Waals surface area contributed by atoms with Crippen LogP contribution in [0.3, 0.4) is 0 Å². The highest BCUT2D eigenvalue weighted by atomic mass is 16.5. The van der Waals surface area contributed by atoms with E-state index in [-0.39, 0.29) is 5.75 Å². The molecule has 0 aromatic heterocycles. The van der Waals surface area contributed by atoms with Crippen molar-refractivity contribution in [2.75, 3.05) is 6.61 Å². The summed E-state index contributed by atoms with van der Waals surface area (Å²) >= 11 is 0. The van der Waals surface area contributed by atoms with Gasteiger partial charge in [0, 0.05) is 11.8 Å². The van der Waals surface area contributed by atoms with Crippen molar-refractivity contribution < 1.29 is 9.84 Å². The van der Waals surface area contributed by atoms with E-state index in [1.807, 2.05) is 31.2 Å². The van der Waals surface area contributed by atoms with E-state index in [9.17, 15) is 5.11 Å². The fraction of sp³-hybridized carbons (Fsp3) is 0.318. The molecule has 132 valence electrons. The van der Waals surface area contributed by atoms with E-state index in [0.717, 1.165) is 23.2 Å². The lowest BCUT2D eigenvalue weighted by molar-refractivity contribution is 0.317. The third-order valence-electron chi connectivity index (χ3n) is 4.28. The second-order valence-corrected chi connectivity index (χ2v) is 6.11. The molecular weight excluding hydrogens is 310 g/mol. The molecule has 0 radical (unpaired) electrons. The Morgan fingerprint density at radius 2 is 1.92 bits per heavy atom. The number of aromatic hydroxyl groups is 1. The summed E-state index contributed by atoms with van der Waals surface area (Å²) in [6.45, 7) is 10.6. The number of ether oxygens (including phenoxy) is 1. The lowest BCUT2D eigenvalue weighted by Gasteiger charge is -2.11. The van der Waals surface area contributed by atoms with Gasteiger partial charge in [0.1, 0.15) is 0 Å². The van der Waals surface area contributed by atoms with Crippen LogP contribution in [0.5, 0.6) is 11.5 Å². The first kappa shape index (κ1) is 18.8. The zero-order valence-electron chi connectivity index (χ0n) is 15.3. The van der Waals surface area contributed by atoms with Crippen molar-refractivity contribution in [3.05, 3.63) is 65.7 Å². The molecule has 2 rings (SSSR count). The van der Waals surface area contributed by atoms with Gasteiger partial charge in [-0.1, -0.05) is 32.1 Å². The van der Waals surface area contributed by atoms with Crippen LogP contribution in [0, 0.1) is 0 Å². The maximum Gasteiger partial charge on any atom is 0.161 e. The third-order valence-corrected chi connectivity index (χ3v) is 4.28. The van der Waals surface area contributed by atoms with Crippen molar-refractivity contribution in [2.24, 2.45) is 4.99 Å². The van der Waals surface area contributed by atoms with Gasteiger partial charge in [0.15, 0.2) is 11.5 Å². The predicted octanol–water partition coefficient (Wildman–Crippen LogP) is 5.78. The Labute approximate surface area is 150 Å². The first-order valence-electron chi connectivity index (χ1n) is 8.82. The fourth-order valence-electron chi connectivity index (χ4n) is 2.61. The Balaban J connectivity index is 2.26. The van der Waals surface area contributed by atoms with Crippen molar-refractivity contribution in [1.82, 2.24) is 0 Å².